The minimum absolute atomic E-state index is 0.0388. The van der Waals surface area contributed by atoms with Gasteiger partial charge in [-0.1, -0.05) is 42.5 Å². The molecule has 2 aromatic rings. The van der Waals surface area contributed by atoms with E-state index in [-0.39, 0.29) is 42.5 Å². The maximum absolute atomic E-state index is 14.6. The monoisotopic (exact) mass is 525 g/mol. The third kappa shape index (κ3) is 4.51. The fourth-order valence-corrected chi connectivity index (χ4v) is 7.94. The number of fused-ring (bicyclic) bond motifs is 2. The maximum Gasteiger partial charge on any atom is 0.248 e. The lowest BCUT2D eigenvalue weighted by molar-refractivity contribution is -0.640. The van der Waals surface area contributed by atoms with E-state index in [0.29, 0.717) is 32.7 Å². The first-order valence-electron chi connectivity index (χ1n) is 14.2. The summed E-state index contributed by atoms with van der Waals surface area (Å²) in [6, 6.07) is 16.3. The summed E-state index contributed by atoms with van der Waals surface area (Å²) in [7, 11) is 1.67. The smallest absolute Gasteiger partial charge is 0.248 e. The molecular weight excluding hydrogens is 486 g/mol. The number of quaternary nitrogens is 1. The number of likely N-dealkylation sites (tertiary alicyclic amines) is 1. The fraction of sp³-hybridized carbons (Fsp3) is 0.581. The molecule has 1 aliphatic carbocycles. The SMILES string of the molecule is COc1cccc2c1COC[C@]21C[NH2+]C[C@H]1C(=O)N1CC[C@@H](c2ccccc2)C[C@H]1C1CCCC(F)(F)C1. The number of rotatable bonds is 4. The van der Waals surface area contributed by atoms with Crippen molar-refractivity contribution in [1.29, 1.82) is 0 Å². The van der Waals surface area contributed by atoms with E-state index in [9.17, 15) is 13.6 Å². The van der Waals surface area contributed by atoms with Crippen LogP contribution in [0.1, 0.15) is 61.1 Å². The number of carbonyl (C=O) groups is 1. The highest BCUT2D eigenvalue weighted by Gasteiger charge is 2.56. The van der Waals surface area contributed by atoms with E-state index in [1.165, 1.54) is 5.56 Å². The molecule has 3 aliphatic heterocycles. The first-order valence-corrected chi connectivity index (χ1v) is 14.2. The van der Waals surface area contributed by atoms with E-state index in [1.54, 1.807) is 7.11 Å². The lowest BCUT2D eigenvalue weighted by Gasteiger charge is -2.48. The third-order valence-corrected chi connectivity index (χ3v) is 9.79. The highest BCUT2D eigenvalue weighted by atomic mass is 19.3. The second-order valence-electron chi connectivity index (χ2n) is 11.9. The Balaban J connectivity index is 1.33. The van der Waals surface area contributed by atoms with Crippen molar-refractivity contribution in [1.82, 2.24) is 4.90 Å². The van der Waals surface area contributed by atoms with Crippen LogP contribution in [-0.2, 0) is 21.6 Å². The predicted molar refractivity (Wildman–Crippen MR) is 140 cm³/mol. The van der Waals surface area contributed by atoms with E-state index in [2.05, 4.69) is 23.5 Å². The Morgan fingerprint density at radius 3 is 2.76 bits per heavy atom. The van der Waals surface area contributed by atoms with Crippen molar-refractivity contribution < 1.29 is 28.4 Å². The van der Waals surface area contributed by atoms with Crippen LogP contribution < -0.4 is 10.1 Å². The van der Waals surface area contributed by atoms with E-state index in [4.69, 9.17) is 9.47 Å². The molecule has 0 bridgehead atoms. The van der Waals surface area contributed by atoms with Gasteiger partial charge in [0.05, 0.1) is 38.8 Å². The number of methoxy groups -OCH3 is 1. The molecule has 0 aromatic heterocycles. The van der Waals surface area contributed by atoms with Gasteiger partial charge < -0.3 is 19.7 Å². The van der Waals surface area contributed by atoms with E-state index >= 15 is 0 Å². The normalized spacial score (nSPS) is 32.7. The lowest BCUT2D eigenvalue weighted by atomic mass is 9.68. The number of hydrogen-bond donors (Lipinski definition) is 1. The summed E-state index contributed by atoms with van der Waals surface area (Å²) in [5.41, 5.74) is 2.99. The Morgan fingerprint density at radius 1 is 1.13 bits per heavy atom. The average Bonchev–Trinajstić information content (AvgIpc) is 3.36. The molecule has 2 saturated heterocycles. The molecule has 1 unspecified atom stereocenters. The molecule has 5 nitrogen and oxygen atoms in total. The summed E-state index contributed by atoms with van der Waals surface area (Å²) in [4.78, 5) is 16.5. The topological polar surface area (TPSA) is 55.4 Å². The first-order chi connectivity index (χ1) is 18.4. The van der Waals surface area contributed by atoms with Crippen LogP contribution in [0.5, 0.6) is 5.75 Å². The quantitative estimate of drug-likeness (QED) is 0.649. The molecule has 38 heavy (non-hydrogen) atoms. The van der Waals surface area contributed by atoms with Crippen LogP contribution >= 0.6 is 0 Å². The molecule has 6 rings (SSSR count). The van der Waals surface area contributed by atoms with Gasteiger partial charge in [0.1, 0.15) is 11.7 Å². The van der Waals surface area contributed by atoms with Crippen LogP contribution in [0, 0.1) is 11.8 Å². The van der Waals surface area contributed by atoms with Crippen LogP contribution in [-0.4, -0.2) is 56.1 Å². The Hall–Kier alpha value is -2.51. The molecule has 1 spiro atoms. The Bertz CT molecular complexity index is 1160. The van der Waals surface area contributed by atoms with Gasteiger partial charge in [-0.05, 0) is 54.7 Å². The number of hydrogen-bond acceptors (Lipinski definition) is 3. The van der Waals surface area contributed by atoms with Crippen molar-refractivity contribution in [2.24, 2.45) is 11.8 Å². The van der Waals surface area contributed by atoms with Crippen LogP contribution in [0.3, 0.4) is 0 Å². The number of amides is 1. The molecule has 2 N–H and O–H groups in total. The average molecular weight is 526 g/mol. The van der Waals surface area contributed by atoms with Crippen molar-refractivity contribution in [2.45, 2.75) is 68.4 Å². The molecule has 3 fully saturated rings. The summed E-state index contributed by atoms with van der Waals surface area (Å²) in [6.07, 6.45) is 2.74. The number of benzene rings is 2. The number of piperidine rings is 1. The Morgan fingerprint density at radius 2 is 1.97 bits per heavy atom. The molecule has 4 aliphatic rings. The van der Waals surface area contributed by atoms with Gasteiger partial charge >= 0.3 is 0 Å². The summed E-state index contributed by atoms with van der Waals surface area (Å²) >= 11 is 0. The fourth-order valence-electron chi connectivity index (χ4n) is 7.94. The molecular formula is C31H39F2N2O3+. The van der Waals surface area contributed by atoms with Crippen molar-refractivity contribution in [3.63, 3.8) is 0 Å². The molecule has 1 saturated carbocycles. The zero-order valence-electron chi connectivity index (χ0n) is 22.2. The summed E-state index contributed by atoms with van der Waals surface area (Å²) < 4.78 is 41.0. The summed E-state index contributed by atoms with van der Waals surface area (Å²) in [6.45, 7) is 3.04. The van der Waals surface area contributed by atoms with Crippen molar-refractivity contribution >= 4 is 5.91 Å². The van der Waals surface area contributed by atoms with Crippen LogP contribution in [0.15, 0.2) is 48.5 Å². The molecule has 2 aromatic carbocycles. The first kappa shape index (κ1) is 25.8. The maximum atomic E-state index is 14.6. The van der Waals surface area contributed by atoms with E-state index in [0.717, 1.165) is 42.7 Å². The zero-order chi connectivity index (χ0) is 26.3. The summed E-state index contributed by atoms with van der Waals surface area (Å²) in [5, 5.41) is 2.22. The molecule has 1 amide bonds. The Labute approximate surface area is 223 Å². The van der Waals surface area contributed by atoms with Gasteiger partial charge in [0, 0.05) is 31.0 Å². The largest absolute Gasteiger partial charge is 0.496 e. The second-order valence-corrected chi connectivity index (χ2v) is 11.9. The molecule has 5 atom stereocenters. The van der Waals surface area contributed by atoms with Gasteiger partial charge in [-0.25, -0.2) is 8.78 Å². The number of ether oxygens (including phenoxy) is 2. The number of carbonyl (C=O) groups excluding carboxylic acids is 1. The van der Waals surface area contributed by atoms with Crippen LogP contribution in [0.25, 0.3) is 0 Å². The second kappa shape index (κ2) is 10.2. The Kier molecular flexibility index (Phi) is 6.93. The van der Waals surface area contributed by atoms with Gasteiger partial charge in [0.2, 0.25) is 11.8 Å². The zero-order valence-corrected chi connectivity index (χ0v) is 22.2. The highest BCUT2D eigenvalue weighted by Crippen LogP contribution is 2.47. The van der Waals surface area contributed by atoms with Crippen LogP contribution in [0.4, 0.5) is 8.78 Å². The number of halogens is 2. The summed E-state index contributed by atoms with van der Waals surface area (Å²) in [5.74, 6) is -1.88. The van der Waals surface area contributed by atoms with Crippen LogP contribution in [0.2, 0.25) is 0 Å². The van der Waals surface area contributed by atoms with Gasteiger partial charge in [-0.3, -0.25) is 4.79 Å². The van der Waals surface area contributed by atoms with E-state index in [1.807, 2.05) is 35.2 Å². The lowest BCUT2D eigenvalue weighted by Crippen LogP contribution is -2.82. The number of alkyl halides is 2. The predicted octanol–water partition coefficient (Wildman–Crippen LogP) is 4.26. The van der Waals surface area contributed by atoms with Crippen molar-refractivity contribution in [3.8, 4) is 5.75 Å². The standard InChI is InChI=1S/C31H38F2N2O3/c1-37-28-11-5-10-25-24(28)18-38-20-30(25)19-34-17-26(30)29(36)35-14-12-22(21-7-3-2-4-8-21)15-27(35)23-9-6-13-31(32,33)16-23/h2-5,7-8,10-11,22-23,26-27,34H,6,9,12-20H2,1H3/p+1/t22-,23?,26+,27+,30-/m1/s1. The van der Waals surface area contributed by atoms with Crippen molar-refractivity contribution in [2.75, 3.05) is 33.4 Å². The number of nitrogens with two attached hydrogens (primary N) is 1. The minimum Gasteiger partial charge on any atom is -0.496 e. The molecule has 204 valence electrons. The van der Waals surface area contributed by atoms with Crippen molar-refractivity contribution in [3.05, 3.63) is 65.2 Å². The van der Waals surface area contributed by atoms with E-state index < -0.39 is 11.3 Å². The third-order valence-electron chi connectivity index (χ3n) is 9.79. The molecule has 7 heteroatoms. The molecule has 0 radical (unpaired) electrons. The molecule has 3 heterocycles. The van der Waals surface area contributed by atoms with Gasteiger partial charge in [0.25, 0.3) is 0 Å². The number of nitrogens with zero attached hydrogens (tertiary/aromatic N) is 1. The minimum atomic E-state index is -2.65. The highest BCUT2D eigenvalue weighted by molar-refractivity contribution is 5.82. The van der Waals surface area contributed by atoms with Gasteiger partial charge in [0.15, 0.2) is 0 Å². The van der Waals surface area contributed by atoms with Gasteiger partial charge in [-0.2, -0.15) is 0 Å². The van der Waals surface area contributed by atoms with Gasteiger partial charge in [-0.15, -0.1) is 0 Å².